The highest BCUT2D eigenvalue weighted by Gasteiger charge is 2.23. The van der Waals surface area contributed by atoms with Crippen LogP contribution in [0.25, 0.3) is 21.9 Å². The van der Waals surface area contributed by atoms with E-state index in [-0.39, 0.29) is 0 Å². The monoisotopic (exact) mass is 624 g/mol. The Kier molecular flexibility index (Phi) is 8.24. The van der Waals surface area contributed by atoms with Gasteiger partial charge in [0.15, 0.2) is 5.82 Å². The molecule has 7 rings (SSSR count). The zero-order valence-electron chi connectivity index (χ0n) is 28.5. The third-order valence-electron chi connectivity index (χ3n) is 9.05. The molecule has 0 fully saturated rings. The van der Waals surface area contributed by atoms with E-state index in [0.717, 1.165) is 34.0 Å². The van der Waals surface area contributed by atoms with Gasteiger partial charge in [0.2, 0.25) is 0 Å². The first-order valence-electron chi connectivity index (χ1n) is 16.5. The van der Waals surface area contributed by atoms with Crippen LogP contribution in [0.1, 0.15) is 33.4 Å². The van der Waals surface area contributed by atoms with E-state index in [1.165, 1.54) is 55.5 Å². The van der Waals surface area contributed by atoms with E-state index >= 15 is 0 Å². The zero-order chi connectivity index (χ0) is 33.4. The molecular formula is C44H40N4. The van der Waals surface area contributed by atoms with Crippen molar-refractivity contribution in [1.29, 1.82) is 0 Å². The Morgan fingerprint density at radius 1 is 0.479 bits per heavy atom. The van der Waals surface area contributed by atoms with E-state index in [1.54, 1.807) is 12.4 Å². The van der Waals surface area contributed by atoms with Gasteiger partial charge in [-0.2, -0.15) is 0 Å². The lowest BCUT2D eigenvalue weighted by Gasteiger charge is -2.32. The second kappa shape index (κ2) is 12.8. The number of hydrogen-bond acceptors (Lipinski definition) is 4. The standard InChI is InChI=1S/C44H40N4/c1-29-22-31(3)43(32(4)23-29)48(44-33(5)24-30(2)25-34(44)6)39-18-16-38(17-19-39)47(42-28-45-20-21-46-42)41-27-37-15-11-10-14-36(37)26-40(41)35-12-8-7-9-13-35/h7-28H,1-6H3. The van der Waals surface area contributed by atoms with E-state index in [1.807, 2.05) is 6.20 Å². The molecule has 1 aromatic heterocycles. The first-order chi connectivity index (χ1) is 23.3. The molecule has 48 heavy (non-hydrogen) atoms. The van der Waals surface area contributed by atoms with Crippen molar-refractivity contribution >= 4 is 45.0 Å². The van der Waals surface area contributed by atoms with Gasteiger partial charge in [-0.05, 0) is 117 Å². The number of aromatic nitrogens is 2. The van der Waals surface area contributed by atoms with Crippen molar-refractivity contribution in [3.05, 3.63) is 167 Å². The Bertz CT molecular complexity index is 2140. The van der Waals surface area contributed by atoms with Crippen molar-refractivity contribution in [2.45, 2.75) is 41.5 Å². The van der Waals surface area contributed by atoms with Crippen LogP contribution in [0, 0.1) is 41.5 Å². The molecule has 4 nitrogen and oxygen atoms in total. The van der Waals surface area contributed by atoms with Crippen LogP contribution in [-0.2, 0) is 0 Å². The summed E-state index contributed by atoms with van der Waals surface area (Å²) in [6, 6.07) is 41.7. The summed E-state index contributed by atoms with van der Waals surface area (Å²) >= 11 is 0. The number of fused-ring (bicyclic) bond motifs is 1. The molecule has 0 aliphatic heterocycles. The first kappa shape index (κ1) is 30.9. The van der Waals surface area contributed by atoms with E-state index < -0.39 is 0 Å². The second-order valence-corrected chi connectivity index (χ2v) is 12.8. The maximum absolute atomic E-state index is 4.82. The Morgan fingerprint density at radius 2 is 0.979 bits per heavy atom. The van der Waals surface area contributed by atoms with Crippen LogP contribution >= 0.6 is 0 Å². The third kappa shape index (κ3) is 5.82. The molecular weight excluding hydrogens is 585 g/mol. The summed E-state index contributed by atoms with van der Waals surface area (Å²) in [5, 5.41) is 2.36. The van der Waals surface area contributed by atoms with Crippen molar-refractivity contribution in [1.82, 2.24) is 9.97 Å². The smallest absolute Gasteiger partial charge is 0.156 e. The topological polar surface area (TPSA) is 32.3 Å². The molecule has 4 heteroatoms. The maximum atomic E-state index is 4.82. The Morgan fingerprint density at radius 3 is 1.50 bits per heavy atom. The summed E-state index contributed by atoms with van der Waals surface area (Å²) in [6.45, 7) is 13.2. The van der Waals surface area contributed by atoms with Gasteiger partial charge in [0.1, 0.15) is 0 Å². The summed E-state index contributed by atoms with van der Waals surface area (Å²) in [5.74, 6) is 0.755. The van der Waals surface area contributed by atoms with Crippen molar-refractivity contribution in [3.63, 3.8) is 0 Å². The molecule has 0 amide bonds. The number of aryl methyl sites for hydroxylation is 6. The quantitative estimate of drug-likeness (QED) is 0.177. The van der Waals surface area contributed by atoms with E-state index in [0.29, 0.717) is 0 Å². The van der Waals surface area contributed by atoms with Crippen molar-refractivity contribution in [3.8, 4) is 11.1 Å². The van der Waals surface area contributed by atoms with Gasteiger partial charge >= 0.3 is 0 Å². The summed E-state index contributed by atoms with van der Waals surface area (Å²) in [6.07, 6.45) is 5.31. The molecule has 0 bridgehead atoms. The molecule has 0 atom stereocenters. The van der Waals surface area contributed by atoms with E-state index in [9.17, 15) is 0 Å². The van der Waals surface area contributed by atoms with Crippen LogP contribution in [0.2, 0.25) is 0 Å². The van der Waals surface area contributed by atoms with Crippen molar-refractivity contribution in [2.24, 2.45) is 0 Å². The second-order valence-electron chi connectivity index (χ2n) is 12.8. The minimum atomic E-state index is 0.755. The highest BCUT2D eigenvalue weighted by Crippen LogP contribution is 2.45. The fourth-order valence-corrected chi connectivity index (χ4v) is 7.23. The van der Waals surface area contributed by atoms with Gasteiger partial charge in [0.25, 0.3) is 0 Å². The SMILES string of the molecule is Cc1cc(C)c(N(c2ccc(N(c3cnccn3)c3cc4ccccc4cc3-c3ccccc3)cc2)c2c(C)cc(C)cc2C)c(C)c1. The average Bonchev–Trinajstić information content (AvgIpc) is 3.08. The zero-order valence-corrected chi connectivity index (χ0v) is 28.5. The van der Waals surface area contributed by atoms with Gasteiger partial charge < -0.3 is 4.90 Å². The van der Waals surface area contributed by atoms with Gasteiger partial charge in [-0.3, -0.25) is 9.88 Å². The molecule has 236 valence electrons. The summed E-state index contributed by atoms with van der Waals surface area (Å²) in [7, 11) is 0. The molecule has 0 N–H and O–H groups in total. The fourth-order valence-electron chi connectivity index (χ4n) is 7.23. The molecule has 0 radical (unpaired) electrons. The van der Waals surface area contributed by atoms with Gasteiger partial charge in [-0.25, -0.2) is 4.98 Å². The predicted octanol–water partition coefficient (Wildman–Crippen LogP) is 12.1. The molecule has 1 heterocycles. The average molecular weight is 625 g/mol. The molecule has 0 unspecified atom stereocenters. The van der Waals surface area contributed by atoms with Crippen LogP contribution in [0.15, 0.2) is 134 Å². The highest BCUT2D eigenvalue weighted by molar-refractivity contribution is 5.98. The number of benzene rings is 6. The minimum Gasteiger partial charge on any atom is -0.309 e. The highest BCUT2D eigenvalue weighted by atomic mass is 15.2. The molecule has 0 saturated heterocycles. The van der Waals surface area contributed by atoms with Crippen LogP contribution in [-0.4, -0.2) is 9.97 Å². The lowest BCUT2D eigenvalue weighted by atomic mass is 9.97. The van der Waals surface area contributed by atoms with Crippen LogP contribution < -0.4 is 9.80 Å². The third-order valence-corrected chi connectivity index (χ3v) is 9.05. The summed E-state index contributed by atoms with van der Waals surface area (Å²) < 4.78 is 0. The first-order valence-corrected chi connectivity index (χ1v) is 16.5. The van der Waals surface area contributed by atoms with Crippen LogP contribution in [0.5, 0.6) is 0 Å². The number of nitrogens with zero attached hydrogens (tertiary/aromatic N) is 4. The Hall–Kier alpha value is -5.74. The van der Waals surface area contributed by atoms with Gasteiger partial charge in [-0.15, -0.1) is 0 Å². The predicted molar refractivity (Wildman–Crippen MR) is 203 cm³/mol. The minimum absolute atomic E-state index is 0.755. The molecule has 0 saturated carbocycles. The molecule has 6 aromatic carbocycles. The normalized spacial score (nSPS) is 11.1. The van der Waals surface area contributed by atoms with Gasteiger partial charge in [0, 0.05) is 29.3 Å². The van der Waals surface area contributed by atoms with Crippen LogP contribution in [0.3, 0.4) is 0 Å². The Balaban J connectivity index is 1.44. The molecule has 7 aromatic rings. The lowest BCUT2D eigenvalue weighted by molar-refractivity contribution is 1.12. The largest absolute Gasteiger partial charge is 0.309 e. The molecule has 0 spiro atoms. The Labute approximate surface area is 284 Å². The number of hydrogen-bond donors (Lipinski definition) is 0. The van der Waals surface area contributed by atoms with Gasteiger partial charge in [0.05, 0.1) is 23.3 Å². The molecule has 0 aliphatic rings. The lowest BCUT2D eigenvalue weighted by Crippen LogP contribution is -2.17. The van der Waals surface area contributed by atoms with Crippen molar-refractivity contribution in [2.75, 3.05) is 9.80 Å². The summed E-state index contributed by atoms with van der Waals surface area (Å²) in [4.78, 5) is 14.0. The summed E-state index contributed by atoms with van der Waals surface area (Å²) in [5.41, 5.74) is 15.4. The van der Waals surface area contributed by atoms with Gasteiger partial charge in [-0.1, -0.05) is 90.0 Å². The van der Waals surface area contributed by atoms with Crippen molar-refractivity contribution < 1.29 is 0 Å². The molecule has 0 aliphatic carbocycles. The number of rotatable bonds is 7. The van der Waals surface area contributed by atoms with E-state index in [2.05, 4.69) is 172 Å². The van der Waals surface area contributed by atoms with Crippen LogP contribution in [0.4, 0.5) is 34.3 Å². The fraction of sp³-hybridized carbons (Fsp3) is 0.136. The number of anilines is 6. The van der Waals surface area contributed by atoms with E-state index in [4.69, 9.17) is 4.98 Å². The maximum Gasteiger partial charge on any atom is 0.156 e.